The number of amidine groups is 1. The first-order valence-electron chi connectivity index (χ1n) is 11.7. The number of hydrogen-bond acceptors (Lipinski definition) is 7. The maximum atomic E-state index is 15.0. The Hall–Kier alpha value is -1.01. The first-order valence-corrected chi connectivity index (χ1v) is 17.0. The third kappa shape index (κ3) is 7.74. The molecule has 0 spiro atoms. The summed E-state index contributed by atoms with van der Waals surface area (Å²) < 4.78 is 26.4. The van der Waals surface area contributed by atoms with Crippen LogP contribution in [0.1, 0.15) is 47.1 Å². The number of aromatic nitrogens is 1. The third-order valence-electron chi connectivity index (χ3n) is 6.14. The van der Waals surface area contributed by atoms with Crippen LogP contribution in [0.5, 0.6) is 0 Å². The lowest BCUT2D eigenvalue weighted by atomic mass is 9.74. The summed E-state index contributed by atoms with van der Waals surface area (Å²) in [6.07, 6.45) is 0.779. The van der Waals surface area contributed by atoms with Crippen molar-refractivity contribution in [2.45, 2.75) is 83.1 Å². The summed E-state index contributed by atoms with van der Waals surface area (Å²) in [7, 11) is -1.33. The first kappa shape index (κ1) is 30.2. The SMILES string of the molecule is CC1[C@@](C)(CO)SC(N(COCC[Si](C)(C)C)C(=O)OC(C)(C)C)=N[C@]1(C)c1cc(Br)cnc1F. The van der Waals surface area contributed by atoms with Gasteiger partial charge in [-0.25, -0.2) is 14.7 Å². The predicted molar refractivity (Wildman–Crippen MR) is 146 cm³/mol. The average Bonchev–Trinajstić information content (AvgIpc) is 2.71. The molecule has 1 aliphatic rings. The van der Waals surface area contributed by atoms with Crippen molar-refractivity contribution < 1.29 is 23.8 Å². The highest BCUT2D eigenvalue weighted by atomic mass is 79.9. The van der Waals surface area contributed by atoms with Crippen LogP contribution in [0.2, 0.25) is 25.7 Å². The van der Waals surface area contributed by atoms with Crippen molar-refractivity contribution in [1.82, 2.24) is 9.88 Å². The first-order chi connectivity index (χ1) is 15.9. The fourth-order valence-electron chi connectivity index (χ4n) is 3.60. The number of rotatable bonds is 7. The minimum Gasteiger partial charge on any atom is -0.443 e. The second-order valence-corrected chi connectivity index (χ2v) is 19.6. The average molecular weight is 593 g/mol. The minimum absolute atomic E-state index is 0.0591. The number of ether oxygens (including phenoxy) is 2. The Bertz CT molecular complexity index is 956. The molecule has 0 saturated heterocycles. The van der Waals surface area contributed by atoms with Gasteiger partial charge in [-0.05, 0) is 62.7 Å². The lowest BCUT2D eigenvalue weighted by Crippen LogP contribution is -2.53. The number of carbonyl (C=O) groups excluding carboxylic acids is 1. The molecule has 3 atom stereocenters. The number of amides is 1. The second kappa shape index (κ2) is 11.2. The van der Waals surface area contributed by atoms with Crippen LogP contribution in [0.4, 0.5) is 9.18 Å². The summed E-state index contributed by atoms with van der Waals surface area (Å²) in [5.74, 6) is -0.944. The van der Waals surface area contributed by atoms with Crippen LogP contribution < -0.4 is 0 Å². The summed E-state index contributed by atoms with van der Waals surface area (Å²) in [6.45, 7) is 18.0. The van der Waals surface area contributed by atoms with E-state index in [2.05, 4.69) is 40.6 Å². The van der Waals surface area contributed by atoms with Gasteiger partial charge < -0.3 is 14.6 Å². The molecule has 1 unspecified atom stereocenters. The number of aliphatic imine (C=N–C) groups is 1. The van der Waals surface area contributed by atoms with Gasteiger partial charge in [-0.15, -0.1) is 0 Å². The van der Waals surface area contributed by atoms with Crippen LogP contribution in [0.3, 0.4) is 0 Å². The van der Waals surface area contributed by atoms with Crippen molar-refractivity contribution in [2.75, 3.05) is 19.9 Å². The number of nitrogens with zero attached hydrogens (tertiary/aromatic N) is 3. The highest BCUT2D eigenvalue weighted by Gasteiger charge is 2.52. The lowest BCUT2D eigenvalue weighted by Gasteiger charge is -2.48. The third-order valence-corrected chi connectivity index (χ3v) is 9.72. The van der Waals surface area contributed by atoms with Gasteiger partial charge in [0.2, 0.25) is 5.95 Å². The van der Waals surface area contributed by atoms with E-state index in [-0.39, 0.29) is 24.8 Å². The summed E-state index contributed by atoms with van der Waals surface area (Å²) >= 11 is 4.65. The number of hydrogen-bond donors (Lipinski definition) is 1. The van der Waals surface area contributed by atoms with Crippen molar-refractivity contribution >= 4 is 47.0 Å². The largest absolute Gasteiger partial charge is 0.443 e. The molecule has 1 aliphatic heterocycles. The molecule has 7 nitrogen and oxygen atoms in total. The molecule has 198 valence electrons. The van der Waals surface area contributed by atoms with Crippen LogP contribution in [0.25, 0.3) is 0 Å². The molecule has 2 rings (SSSR count). The number of carbonyl (C=O) groups is 1. The van der Waals surface area contributed by atoms with E-state index < -0.39 is 36.0 Å². The van der Waals surface area contributed by atoms with Crippen LogP contribution in [-0.2, 0) is 15.0 Å². The fourth-order valence-corrected chi connectivity index (χ4v) is 6.05. The van der Waals surface area contributed by atoms with Crippen LogP contribution >= 0.6 is 27.7 Å². The standard InChI is InChI=1S/C24H39BrFN3O4SSi/c1-16-23(5,14-30)34-20(28-24(16,6)18-12-17(25)13-27-19(18)26)29(21(31)33-22(2,3)4)15-32-10-11-35(7,8)9/h12-13,16,30H,10-11,14-15H2,1-9H3/t16?,23-,24+/m1/s1. The van der Waals surface area contributed by atoms with E-state index in [1.165, 1.54) is 22.9 Å². The van der Waals surface area contributed by atoms with E-state index in [1.807, 2.05) is 13.8 Å². The Morgan fingerprint density at radius 1 is 1.34 bits per heavy atom. The molecule has 0 radical (unpaired) electrons. The van der Waals surface area contributed by atoms with Gasteiger partial charge >= 0.3 is 6.09 Å². The number of pyridine rings is 1. The van der Waals surface area contributed by atoms with E-state index >= 15 is 4.39 Å². The normalized spacial score (nSPS) is 25.3. The topological polar surface area (TPSA) is 84.2 Å². The van der Waals surface area contributed by atoms with Gasteiger partial charge in [-0.3, -0.25) is 4.99 Å². The van der Waals surface area contributed by atoms with Crippen molar-refractivity contribution in [1.29, 1.82) is 0 Å². The zero-order valence-electron chi connectivity index (χ0n) is 22.2. The highest BCUT2D eigenvalue weighted by molar-refractivity contribution is 9.10. The monoisotopic (exact) mass is 591 g/mol. The van der Waals surface area contributed by atoms with Gasteiger partial charge in [-0.2, -0.15) is 4.39 Å². The Kier molecular flexibility index (Phi) is 9.64. The molecule has 1 aromatic heterocycles. The lowest BCUT2D eigenvalue weighted by molar-refractivity contribution is 0.0107. The molecule has 0 aliphatic carbocycles. The van der Waals surface area contributed by atoms with E-state index in [0.29, 0.717) is 16.2 Å². The Morgan fingerprint density at radius 3 is 2.51 bits per heavy atom. The molecule has 35 heavy (non-hydrogen) atoms. The van der Waals surface area contributed by atoms with Crippen molar-refractivity contribution in [2.24, 2.45) is 10.9 Å². The molecular formula is C24H39BrFN3O4SSi. The highest BCUT2D eigenvalue weighted by Crippen LogP contribution is 2.51. The predicted octanol–water partition coefficient (Wildman–Crippen LogP) is 6.24. The molecule has 0 saturated carbocycles. The molecule has 2 heterocycles. The maximum absolute atomic E-state index is 15.0. The zero-order valence-corrected chi connectivity index (χ0v) is 25.6. The molecule has 1 aromatic rings. The van der Waals surface area contributed by atoms with Crippen LogP contribution in [0.15, 0.2) is 21.7 Å². The summed E-state index contributed by atoms with van der Waals surface area (Å²) in [5.41, 5.74) is -1.57. The van der Waals surface area contributed by atoms with Gasteiger partial charge in [0.25, 0.3) is 0 Å². The smallest absolute Gasteiger partial charge is 0.418 e. The van der Waals surface area contributed by atoms with Crippen LogP contribution in [-0.4, -0.2) is 64.6 Å². The van der Waals surface area contributed by atoms with Crippen molar-refractivity contribution in [3.8, 4) is 0 Å². The number of aliphatic hydroxyl groups excluding tert-OH is 1. The molecule has 0 aromatic carbocycles. The molecule has 1 N–H and O–H groups in total. The molecule has 11 heteroatoms. The quantitative estimate of drug-likeness (QED) is 0.175. The van der Waals surface area contributed by atoms with Gasteiger partial charge in [0.05, 0.1) is 12.1 Å². The van der Waals surface area contributed by atoms with Crippen molar-refractivity contribution in [3.05, 3.63) is 28.2 Å². The van der Waals surface area contributed by atoms with E-state index in [0.717, 1.165) is 6.04 Å². The molecule has 1 amide bonds. The summed E-state index contributed by atoms with van der Waals surface area (Å²) in [6, 6.07) is 2.59. The number of halogens is 2. The van der Waals surface area contributed by atoms with E-state index in [9.17, 15) is 9.90 Å². The van der Waals surface area contributed by atoms with Crippen LogP contribution in [0, 0.1) is 11.9 Å². The second-order valence-electron chi connectivity index (χ2n) is 11.6. The number of thioether (sulfide) groups is 1. The zero-order chi connectivity index (χ0) is 26.8. The molecule has 0 fully saturated rings. The molecule has 0 bridgehead atoms. The number of aliphatic hydroxyl groups is 1. The van der Waals surface area contributed by atoms with E-state index in [4.69, 9.17) is 14.5 Å². The molecular weight excluding hydrogens is 553 g/mol. The van der Waals surface area contributed by atoms with Gasteiger partial charge in [0, 0.05) is 41.6 Å². The maximum Gasteiger partial charge on any atom is 0.418 e. The van der Waals surface area contributed by atoms with E-state index in [1.54, 1.807) is 33.8 Å². The minimum atomic E-state index is -1.33. The van der Waals surface area contributed by atoms with Gasteiger partial charge in [0.1, 0.15) is 12.3 Å². The van der Waals surface area contributed by atoms with Crippen molar-refractivity contribution in [3.63, 3.8) is 0 Å². The Balaban J connectivity index is 2.56. The fraction of sp³-hybridized carbons (Fsp3) is 0.708. The Morgan fingerprint density at radius 2 is 1.97 bits per heavy atom. The summed E-state index contributed by atoms with van der Waals surface area (Å²) in [4.78, 5) is 23.4. The van der Waals surface area contributed by atoms with Gasteiger partial charge in [-0.1, -0.05) is 38.3 Å². The Labute approximate surface area is 222 Å². The van der Waals surface area contributed by atoms with Gasteiger partial charge in [0.15, 0.2) is 5.17 Å². The summed E-state index contributed by atoms with van der Waals surface area (Å²) in [5, 5.41) is 10.7.